The molecule has 0 saturated heterocycles. The van der Waals surface area contributed by atoms with Crippen molar-refractivity contribution in [1.82, 2.24) is 5.43 Å². The van der Waals surface area contributed by atoms with Crippen molar-refractivity contribution in [2.75, 3.05) is 13.7 Å². The first kappa shape index (κ1) is 19.6. The third-order valence-corrected chi connectivity index (χ3v) is 3.80. The van der Waals surface area contributed by atoms with Gasteiger partial charge in [-0.2, -0.15) is 5.10 Å². The molecular formula is C20H17N3O6. The van der Waals surface area contributed by atoms with Crippen LogP contribution in [-0.4, -0.2) is 30.8 Å². The van der Waals surface area contributed by atoms with Crippen molar-refractivity contribution in [3.63, 3.8) is 0 Å². The Balaban J connectivity index is 1.50. The topological polar surface area (TPSA) is 116 Å². The van der Waals surface area contributed by atoms with E-state index in [0.29, 0.717) is 28.6 Å². The summed E-state index contributed by atoms with van der Waals surface area (Å²) in [4.78, 5) is 22.0. The highest BCUT2D eigenvalue weighted by Gasteiger charge is 2.08. The fourth-order valence-electron chi connectivity index (χ4n) is 2.35. The van der Waals surface area contributed by atoms with Crippen LogP contribution in [0.5, 0.6) is 11.5 Å². The Hall–Kier alpha value is -4.14. The molecule has 0 fully saturated rings. The third kappa shape index (κ3) is 5.42. The summed E-state index contributed by atoms with van der Waals surface area (Å²) in [6.07, 6.45) is 1.35. The van der Waals surface area contributed by atoms with Gasteiger partial charge in [0.05, 0.1) is 18.2 Å². The summed E-state index contributed by atoms with van der Waals surface area (Å²) in [7, 11) is 1.56. The molecule has 9 nitrogen and oxygen atoms in total. The molecule has 1 aromatic heterocycles. The molecule has 1 amide bonds. The number of benzene rings is 2. The number of ether oxygens (including phenoxy) is 2. The minimum absolute atomic E-state index is 0.00154. The van der Waals surface area contributed by atoms with Crippen molar-refractivity contribution < 1.29 is 23.6 Å². The lowest BCUT2D eigenvalue weighted by Gasteiger charge is -2.05. The molecule has 3 aromatic rings. The second kappa shape index (κ2) is 9.18. The van der Waals surface area contributed by atoms with E-state index in [1.807, 2.05) is 0 Å². The van der Waals surface area contributed by atoms with Crippen LogP contribution < -0.4 is 14.9 Å². The van der Waals surface area contributed by atoms with Crippen LogP contribution in [-0.2, 0) is 4.79 Å². The van der Waals surface area contributed by atoms with Crippen molar-refractivity contribution in [3.8, 4) is 22.8 Å². The average molecular weight is 395 g/mol. The molecule has 0 bridgehead atoms. The van der Waals surface area contributed by atoms with Crippen molar-refractivity contribution in [3.05, 3.63) is 76.5 Å². The van der Waals surface area contributed by atoms with E-state index < -0.39 is 10.8 Å². The maximum atomic E-state index is 11.8. The highest BCUT2D eigenvalue weighted by atomic mass is 16.6. The summed E-state index contributed by atoms with van der Waals surface area (Å²) in [5.74, 6) is 1.73. The zero-order chi connectivity index (χ0) is 20.6. The largest absolute Gasteiger partial charge is 0.497 e. The van der Waals surface area contributed by atoms with Crippen LogP contribution >= 0.6 is 0 Å². The summed E-state index contributed by atoms with van der Waals surface area (Å²) < 4.78 is 16.0. The number of nitro benzene ring substituents is 1. The molecule has 0 radical (unpaired) electrons. The van der Waals surface area contributed by atoms with E-state index in [4.69, 9.17) is 13.9 Å². The van der Waals surface area contributed by atoms with Gasteiger partial charge < -0.3 is 13.9 Å². The van der Waals surface area contributed by atoms with E-state index in [9.17, 15) is 14.9 Å². The van der Waals surface area contributed by atoms with Gasteiger partial charge in [-0.1, -0.05) is 0 Å². The number of carbonyl (C=O) groups is 1. The molecule has 148 valence electrons. The number of amides is 1. The van der Waals surface area contributed by atoms with Crippen LogP contribution in [0, 0.1) is 10.1 Å². The van der Waals surface area contributed by atoms with Crippen molar-refractivity contribution in [2.24, 2.45) is 5.10 Å². The molecular weight excluding hydrogens is 378 g/mol. The molecule has 29 heavy (non-hydrogen) atoms. The number of rotatable bonds is 8. The SMILES string of the molecule is COc1ccc(OCC(=O)N/N=C\c2ccc(-c3ccc([N+](=O)[O-])cc3)o2)cc1. The number of nitrogens with zero attached hydrogens (tertiary/aromatic N) is 2. The Labute approximate surface area is 165 Å². The van der Waals surface area contributed by atoms with E-state index >= 15 is 0 Å². The van der Waals surface area contributed by atoms with Crippen molar-refractivity contribution in [2.45, 2.75) is 0 Å². The maximum Gasteiger partial charge on any atom is 0.277 e. The number of hydrogen-bond donors (Lipinski definition) is 1. The lowest BCUT2D eigenvalue weighted by molar-refractivity contribution is -0.384. The monoisotopic (exact) mass is 395 g/mol. The molecule has 0 spiro atoms. The number of methoxy groups -OCH3 is 1. The lowest BCUT2D eigenvalue weighted by atomic mass is 10.1. The second-order valence-electron chi connectivity index (χ2n) is 5.76. The van der Waals surface area contributed by atoms with E-state index in [0.717, 1.165) is 0 Å². The predicted molar refractivity (Wildman–Crippen MR) is 105 cm³/mol. The molecule has 0 aliphatic heterocycles. The van der Waals surface area contributed by atoms with E-state index in [1.165, 1.54) is 18.3 Å². The molecule has 9 heteroatoms. The number of hydrogen-bond acceptors (Lipinski definition) is 7. The maximum absolute atomic E-state index is 11.8. The van der Waals surface area contributed by atoms with Crippen LogP contribution in [0.1, 0.15) is 5.76 Å². The highest BCUT2D eigenvalue weighted by molar-refractivity contribution is 5.81. The first-order valence-corrected chi connectivity index (χ1v) is 8.48. The van der Waals surface area contributed by atoms with Crippen LogP contribution in [0.4, 0.5) is 5.69 Å². The number of nitrogens with one attached hydrogen (secondary N) is 1. The zero-order valence-electron chi connectivity index (χ0n) is 15.4. The molecule has 0 aliphatic rings. The fourth-order valence-corrected chi connectivity index (χ4v) is 2.35. The summed E-state index contributed by atoms with van der Waals surface area (Å²) in [6.45, 7) is -0.199. The van der Waals surface area contributed by atoms with Gasteiger partial charge >= 0.3 is 0 Å². The zero-order valence-corrected chi connectivity index (χ0v) is 15.4. The molecule has 3 rings (SSSR count). The smallest absolute Gasteiger partial charge is 0.277 e. The quantitative estimate of drug-likeness (QED) is 0.355. The fraction of sp³-hybridized carbons (Fsp3) is 0.100. The highest BCUT2D eigenvalue weighted by Crippen LogP contribution is 2.24. The third-order valence-electron chi connectivity index (χ3n) is 3.80. The van der Waals surface area contributed by atoms with Crippen LogP contribution in [0.3, 0.4) is 0 Å². The molecule has 1 N–H and O–H groups in total. The molecule has 0 atom stereocenters. The number of carbonyl (C=O) groups excluding carboxylic acids is 1. The summed E-state index contributed by atoms with van der Waals surface area (Å²) in [5.41, 5.74) is 3.03. The minimum Gasteiger partial charge on any atom is -0.497 e. The first-order chi connectivity index (χ1) is 14.0. The van der Waals surface area contributed by atoms with Gasteiger partial charge in [0.1, 0.15) is 23.0 Å². The minimum atomic E-state index is -0.467. The Bertz CT molecular complexity index is 1010. The standard InChI is InChI=1S/C20H17N3O6/c1-27-16-6-8-17(9-7-16)28-13-20(24)22-21-12-18-10-11-19(29-18)14-2-4-15(5-3-14)23(25)26/h2-12H,13H2,1H3,(H,22,24)/b21-12-. The Kier molecular flexibility index (Phi) is 6.21. The molecule has 0 aliphatic carbocycles. The molecule has 0 saturated carbocycles. The number of nitro groups is 1. The Morgan fingerprint density at radius 2 is 1.79 bits per heavy atom. The summed E-state index contributed by atoms with van der Waals surface area (Å²) in [5, 5.41) is 14.5. The summed E-state index contributed by atoms with van der Waals surface area (Å²) >= 11 is 0. The second-order valence-corrected chi connectivity index (χ2v) is 5.76. The van der Waals surface area contributed by atoms with Gasteiger partial charge in [0, 0.05) is 17.7 Å². The van der Waals surface area contributed by atoms with E-state index in [-0.39, 0.29) is 12.3 Å². The van der Waals surface area contributed by atoms with Gasteiger partial charge in [-0.15, -0.1) is 0 Å². The molecule has 1 heterocycles. The lowest BCUT2D eigenvalue weighted by Crippen LogP contribution is -2.24. The predicted octanol–water partition coefficient (Wildman–Crippen LogP) is 3.39. The number of hydrazone groups is 1. The van der Waals surface area contributed by atoms with Crippen LogP contribution in [0.2, 0.25) is 0 Å². The Morgan fingerprint density at radius 3 is 2.45 bits per heavy atom. The van der Waals surface area contributed by atoms with Crippen LogP contribution in [0.15, 0.2) is 70.2 Å². The van der Waals surface area contributed by atoms with Crippen molar-refractivity contribution >= 4 is 17.8 Å². The van der Waals surface area contributed by atoms with Gasteiger partial charge in [-0.05, 0) is 48.5 Å². The van der Waals surface area contributed by atoms with E-state index in [1.54, 1.807) is 55.6 Å². The Morgan fingerprint density at radius 1 is 1.10 bits per heavy atom. The van der Waals surface area contributed by atoms with Gasteiger partial charge in [-0.3, -0.25) is 14.9 Å². The number of furan rings is 1. The molecule has 2 aromatic carbocycles. The normalized spacial score (nSPS) is 10.7. The van der Waals surface area contributed by atoms with Crippen molar-refractivity contribution in [1.29, 1.82) is 0 Å². The summed E-state index contributed by atoms with van der Waals surface area (Å²) in [6, 6.07) is 16.2. The van der Waals surface area contributed by atoms with Gasteiger partial charge in [0.25, 0.3) is 11.6 Å². The molecule has 0 unspecified atom stereocenters. The van der Waals surface area contributed by atoms with E-state index in [2.05, 4.69) is 10.5 Å². The number of non-ortho nitro benzene ring substituents is 1. The first-order valence-electron chi connectivity index (χ1n) is 8.48. The average Bonchev–Trinajstić information content (AvgIpc) is 3.21. The van der Waals surface area contributed by atoms with Gasteiger partial charge in [0.15, 0.2) is 6.61 Å². The van der Waals surface area contributed by atoms with Gasteiger partial charge in [0.2, 0.25) is 0 Å². The van der Waals surface area contributed by atoms with Gasteiger partial charge in [-0.25, -0.2) is 5.43 Å². The van der Waals surface area contributed by atoms with Crippen LogP contribution in [0.25, 0.3) is 11.3 Å².